The molecular weight excluding hydrogens is 293 g/mol. The van der Waals surface area contributed by atoms with Crippen molar-refractivity contribution in [2.45, 2.75) is 25.7 Å². The number of nitrogens with one attached hydrogen (secondary N) is 2. The molecule has 0 saturated heterocycles. The number of carbonyl (C=O) groups excluding carboxylic acids is 1. The number of amides is 2. The average Bonchev–Trinajstić information content (AvgIpc) is 2.98. The number of oxazole rings is 1. The van der Waals surface area contributed by atoms with Gasteiger partial charge in [-0.1, -0.05) is 0 Å². The minimum absolute atomic E-state index is 0.330. The van der Waals surface area contributed by atoms with Crippen LogP contribution in [0, 0.1) is 0 Å². The highest BCUT2D eigenvalue weighted by molar-refractivity contribution is 5.87. The van der Waals surface area contributed by atoms with Crippen molar-refractivity contribution in [3.8, 4) is 0 Å². The molecule has 2 N–H and O–H groups in total. The summed E-state index contributed by atoms with van der Waals surface area (Å²) >= 11 is 0. The molecule has 0 aromatic carbocycles. The lowest BCUT2D eigenvalue weighted by Crippen LogP contribution is -2.38. The van der Waals surface area contributed by atoms with Crippen molar-refractivity contribution >= 4 is 12.0 Å². The van der Waals surface area contributed by atoms with Crippen molar-refractivity contribution in [1.29, 1.82) is 0 Å². The predicted octanol–water partition coefficient (Wildman–Crippen LogP) is 1.50. The number of carbonyl (C=O) groups is 1. The first-order valence-corrected chi connectivity index (χ1v) is 5.77. The molecule has 0 aliphatic heterocycles. The second-order valence-corrected chi connectivity index (χ2v) is 4.15. The lowest BCUT2D eigenvalue weighted by Gasteiger charge is -2.13. The first-order chi connectivity index (χ1) is 9.84. The van der Waals surface area contributed by atoms with E-state index < -0.39 is 23.9 Å². The van der Waals surface area contributed by atoms with E-state index >= 15 is 0 Å². The Kier molecular flexibility index (Phi) is 4.10. The smallest absolute Gasteiger partial charge is 0.431 e. The van der Waals surface area contributed by atoms with E-state index in [1.165, 1.54) is 17.3 Å². The van der Waals surface area contributed by atoms with Gasteiger partial charge < -0.3 is 9.73 Å². The number of anilines is 1. The molecule has 21 heavy (non-hydrogen) atoms. The zero-order valence-corrected chi connectivity index (χ0v) is 10.8. The highest BCUT2D eigenvalue weighted by Crippen LogP contribution is 2.29. The van der Waals surface area contributed by atoms with Gasteiger partial charge in [0.2, 0.25) is 0 Å². The van der Waals surface area contributed by atoms with E-state index in [0.29, 0.717) is 12.8 Å². The van der Waals surface area contributed by atoms with E-state index in [0.717, 1.165) is 0 Å². The number of hydrogen-bond donors (Lipinski definition) is 2. The lowest BCUT2D eigenvalue weighted by molar-refractivity contribution is -0.141. The molecule has 1 unspecified atom stereocenters. The predicted molar refractivity (Wildman–Crippen MR) is 63.1 cm³/mol. The second-order valence-electron chi connectivity index (χ2n) is 4.15. The van der Waals surface area contributed by atoms with Crippen LogP contribution < -0.4 is 10.6 Å². The van der Waals surface area contributed by atoms with Crippen LogP contribution in [0.5, 0.6) is 0 Å². The highest BCUT2D eigenvalue weighted by atomic mass is 19.4. The Morgan fingerprint density at radius 1 is 1.52 bits per heavy atom. The van der Waals surface area contributed by atoms with Crippen LogP contribution in [0.15, 0.2) is 23.3 Å². The second kappa shape index (κ2) is 5.81. The number of nitrogens with zero attached hydrogens (tertiary/aromatic N) is 4. The van der Waals surface area contributed by atoms with Gasteiger partial charge in [-0.3, -0.25) is 10.00 Å². The fraction of sp³-hybridized carbons (Fsp3) is 0.400. The molecule has 2 aromatic heterocycles. The Hall–Kier alpha value is -2.59. The van der Waals surface area contributed by atoms with Crippen LogP contribution in [0.2, 0.25) is 0 Å². The number of aromatic nitrogens is 4. The van der Waals surface area contributed by atoms with E-state index in [-0.39, 0.29) is 6.04 Å². The fourth-order valence-corrected chi connectivity index (χ4v) is 1.47. The quantitative estimate of drug-likeness (QED) is 0.892. The molecule has 0 aliphatic carbocycles. The van der Waals surface area contributed by atoms with Crippen molar-refractivity contribution in [3.05, 3.63) is 24.6 Å². The Bertz CT molecular complexity index is 594. The topological polar surface area (TPSA) is 97.9 Å². The van der Waals surface area contributed by atoms with Gasteiger partial charge in [0.15, 0.2) is 5.69 Å². The van der Waals surface area contributed by atoms with Gasteiger partial charge in [-0.25, -0.2) is 9.78 Å². The van der Waals surface area contributed by atoms with Crippen LogP contribution >= 0.6 is 0 Å². The molecule has 11 heteroatoms. The average molecular weight is 304 g/mol. The van der Waals surface area contributed by atoms with Crippen LogP contribution in [-0.2, 0) is 12.7 Å². The van der Waals surface area contributed by atoms with Crippen LogP contribution in [0.3, 0.4) is 0 Å². The first kappa shape index (κ1) is 14.8. The largest absolute Gasteiger partial charge is 0.436 e. The van der Waals surface area contributed by atoms with Crippen molar-refractivity contribution in [2.75, 3.05) is 5.32 Å². The third-order valence-corrected chi connectivity index (χ3v) is 2.32. The zero-order chi connectivity index (χ0) is 15.5. The third-order valence-electron chi connectivity index (χ3n) is 2.32. The number of urea groups is 1. The van der Waals surface area contributed by atoms with E-state index in [4.69, 9.17) is 0 Å². The summed E-state index contributed by atoms with van der Waals surface area (Å²) in [5, 5.41) is 8.42. The summed E-state index contributed by atoms with van der Waals surface area (Å²) in [5.41, 5.74) is -1.21. The molecule has 8 nitrogen and oxygen atoms in total. The van der Waals surface area contributed by atoms with Crippen LogP contribution in [-0.4, -0.2) is 31.8 Å². The Morgan fingerprint density at radius 3 is 2.86 bits per heavy atom. The SMILES string of the molecule is CC(Cn1cncn1)NC(=O)Nc1nc(C(F)(F)F)co1. The molecule has 0 aliphatic rings. The maximum atomic E-state index is 12.3. The van der Waals surface area contributed by atoms with E-state index in [1.807, 2.05) is 0 Å². The summed E-state index contributed by atoms with van der Waals surface area (Å²) in [6.07, 6.45) is -1.38. The molecule has 2 aromatic rings. The molecule has 0 fully saturated rings. The van der Waals surface area contributed by atoms with Crippen LogP contribution in [0.1, 0.15) is 12.6 Å². The monoisotopic (exact) mass is 304 g/mol. The number of halogens is 3. The summed E-state index contributed by atoms with van der Waals surface area (Å²) in [5.74, 6) is 0. The minimum Gasteiger partial charge on any atom is -0.431 e. The number of rotatable bonds is 4. The summed E-state index contributed by atoms with van der Waals surface area (Å²) in [6, 6.07) is -1.60. The first-order valence-electron chi connectivity index (χ1n) is 5.77. The minimum atomic E-state index is -4.62. The molecule has 2 rings (SSSR count). The van der Waals surface area contributed by atoms with Gasteiger partial charge in [-0.15, -0.1) is 0 Å². The Morgan fingerprint density at radius 2 is 2.29 bits per heavy atom. The van der Waals surface area contributed by atoms with Crippen molar-refractivity contribution in [1.82, 2.24) is 25.1 Å². The molecular formula is C10H11F3N6O2. The summed E-state index contributed by atoms with van der Waals surface area (Å²) in [4.78, 5) is 18.4. The van der Waals surface area contributed by atoms with E-state index in [1.54, 1.807) is 6.92 Å². The standard InChI is InChI=1S/C10H11F3N6O2/c1-6(2-19-5-14-4-15-19)16-8(20)18-9-17-7(3-21-9)10(11,12)13/h3-6H,2H2,1H3,(H2,16,17,18,20). The molecule has 2 heterocycles. The van der Waals surface area contributed by atoms with Gasteiger partial charge in [-0.2, -0.15) is 23.3 Å². The lowest BCUT2D eigenvalue weighted by atomic mass is 10.3. The maximum Gasteiger partial charge on any atom is 0.436 e. The van der Waals surface area contributed by atoms with Gasteiger partial charge in [-0.05, 0) is 6.92 Å². The van der Waals surface area contributed by atoms with Gasteiger partial charge in [0.1, 0.15) is 18.9 Å². The normalized spacial score (nSPS) is 13.0. The molecule has 2 amide bonds. The molecule has 114 valence electrons. The van der Waals surface area contributed by atoms with Crippen molar-refractivity contribution in [2.24, 2.45) is 0 Å². The molecule has 0 bridgehead atoms. The molecule has 1 atom stereocenters. The third kappa shape index (κ3) is 4.19. The molecule has 0 radical (unpaired) electrons. The van der Waals surface area contributed by atoms with Gasteiger partial charge in [0, 0.05) is 6.04 Å². The number of alkyl halides is 3. The van der Waals surface area contributed by atoms with Gasteiger partial charge >= 0.3 is 18.2 Å². The maximum absolute atomic E-state index is 12.3. The van der Waals surface area contributed by atoms with Crippen molar-refractivity contribution < 1.29 is 22.4 Å². The summed E-state index contributed by atoms with van der Waals surface area (Å²) < 4.78 is 42.9. The van der Waals surface area contributed by atoms with Crippen LogP contribution in [0.4, 0.5) is 24.0 Å². The van der Waals surface area contributed by atoms with Gasteiger partial charge in [0.25, 0.3) is 0 Å². The van der Waals surface area contributed by atoms with Crippen LogP contribution in [0.25, 0.3) is 0 Å². The Balaban J connectivity index is 1.85. The Labute approximate surface area is 116 Å². The van der Waals surface area contributed by atoms with Crippen molar-refractivity contribution in [3.63, 3.8) is 0 Å². The number of hydrogen-bond acceptors (Lipinski definition) is 5. The summed E-state index contributed by atoms with van der Waals surface area (Å²) in [6.45, 7) is 2.05. The zero-order valence-electron chi connectivity index (χ0n) is 10.8. The molecule has 0 saturated carbocycles. The highest BCUT2D eigenvalue weighted by Gasteiger charge is 2.35. The van der Waals surface area contributed by atoms with E-state index in [2.05, 4.69) is 30.1 Å². The fourth-order valence-electron chi connectivity index (χ4n) is 1.47. The summed E-state index contributed by atoms with van der Waals surface area (Å²) in [7, 11) is 0. The molecule has 0 spiro atoms. The van der Waals surface area contributed by atoms with Gasteiger partial charge in [0.05, 0.1) is 6.54 Å². The van der Waals surface area contributed by atoms with E-state index in [9.17, 15) is 18.0 Å².